The van der Waals surface area contributed by atoms with Gasteiger partial charge >= 0.3 is 0 Å². The van der Waals surface area contributed by atoms with Gasteiger partial charge in [0.1, 0.15) is 23.2 Å². The minimum absolute atomic E-state index is 0. The summed E-state index contributed by atoms with van der Waals surface area (Å²) in [5.74, 6) is 1.49. The fourth-order valence-corrected chi connectivity index (χ4v) is 7.79. The molecule has 1 heterocycles. The van der Waals surface area contributed by atoms with Crippen LogP contribution in [0, 0.1) is 24.2 Å². The van der Waals surface area contributed by atoms with Gasteiger partial charge in [0.2, 0.25) is 0 Å². The summed E-state index contributed by atoms with van der Waals surface area (Å²) in [5, 5.41) is 9.19. The minimum atomic E-state index is -1.49. The first-order chi connectivity index (χ1) is 22.2. The molecule has 5 atom stereocenters. The van der Waals surface area contributed by atoms with Crippen LogP contribution in [-0.4, -0.2) is 62.5 Å². The van der Waals surface area contributed by atoms with Crippen molar-refractivity contribution in [3.8, 4) is 17.6 Å². The molecule has 251 valence electrons. The average molecular weight is 737 g/mol. The van der Waals surface area contributed by atoms with E-state index in [1.54, 1.807) is 14.2 Å². The number of methoxy groups -OCH3 is 2. The quantitative estimate of drug-likeness (QED) is 0.0636. The van der Waals surface area contributed by atoms with Gasteiger partial charge in [-0.05, 0) is 74.6 Å². The van der Waals surface area contributed by atoms with Crippen molar-refractivity contribution in [3.63, 3.8) is 0 Å². The molecule has 1 aliphatic heterocycles. The van der Waals surface area contributed by atoms with E-state index in [0.717, 1.165) is 28.2 Å². The van der Waals surface area contributed by atoms with E-state index in [0.29, 0.717) is 6.61 Å². The van der Waals surface area contributed by atoms with Gasteiger partial charge < -0.3 is 34.9 Å². The smallest absolute Gasteiger partial charge is 0.259 e. The Hall–Kier alpha value is -1.92. The number of benzene rings is 3. The molecule has 10 heteroatoms. The number of rotatable bonds is 16. The maximum atomic E-state index is 9.19. The normalized spacial score (nSPS) is 20.2. The van der Waals surface area contributed by atoms with Gasteiger partial charge in [0.25, 0.3) is 8.53 Å². The molecule has 5 unspecified atom stereocenters. The second-order valence-electron chi connectivity index (χ2n) is 12.0. The van der Waals surface area contributed by atoms with Crippen LogP contribution in [0.2, 0.25) is 0 Å². The number of nitrogens with zero attached hydrogens (tertiary/aromatic N) is 2. The molecule has 3 aromatic carbocycles. The van der Waals surface area contributed by atoms with E-state index in [-0.39, 0.29) is 75.9 Å². The average Bonchev–Trinajstić information content (AvgIpc) is 3.33. The van der Waals surface area contributed by atoms with E-state index in [9.17, 15) is 5.26 Å². The molecule has 0 spiro atoms. The topological polar surface area (TPSA) is 82.4 Å². The van der Waals surface area contributed by atoms with Crippen molar-refractivity contribution in [1.82, 2.24) is 4.67 Å². The molecular weight excluding hydrogens is 688 g/mol. The molecule has 0 bridgehead atoms. The summed E-state index contributed by atoms with van der Waals surface area (Å²) >= 11 is 0. The number of hydrogen-bond acceptors (Lipinski definition) is 8. The predicted molar refractivity (Wildman–Crippen MR) is 182 cm³/mol. The zero-order valence-electron chi connectivity index (χ0n) is 28.7. The Morgan fingerprint density at radius 2 is 1.38 bits per heavy atom. The summed E-state index contributed by atoms with van der Waals surface area (Å²) in [4.78, 5) is 0. The Morgan fingerprint density at radius 3 is 1.85 bits per heavy atom. The van der Waals surface area contributed by atoms with Gasteiger partial charge in [0.05, 0.1) is 46.0 Å². The molecule has 0 amide bonds. The van der Waals surface area contributed by atoms with Crippen LogP contribution in [0.5, 0.6) is 11.5 Å². The van der Waals surface area contributed by atoms with Crippen LogP contribution in [0.1, 0.15) is 57.7 Å². The molecule has 1 fully saturated rings. The standard InChI is InChI=1S/C37H48N2O6P.Y/c1-26(2)39(27(3)4)46(43-24-12-23-38)45-36-28(5)29(6)44-35(36)25-42-37(30-13-10-9-11-14-30,31-15-19-33(40-7)20-16-31)32-17-21-34(41-8)22-18-32;/h9-11,13-22,26-29,35-36H,6,12,24-25H2,1-5,7-8H3;/q-1;. The fraction of sp³-hybridized carbons (Fsp3) is 0.459. The first-order valence-corrected chi connectivity index (χ1v) is 17.0. The van der Waals surface area contributed by atoms with Gasteiger partial charge in [-0.3, -0.25) is 0 Å². The van der Waals surface area contributed by atoms with Crippen molar-refractivity contribution in [3.05, 3.63) is 102 Å². The predicted octanol–water partition coefficient (Wildman–Crippen LogP) is 7.91. The summed E-state index contributed by atoms with van der Waals surface area (Å²) < 4.78 is 40.0. The maximum Gasteiger partial charge on any atom is 0.259 e. The molecule has 0 N–H and O–H groups in total. The Kier molecular flexibility index (Phi) is 15.8. The van der Waals surface area contributed by atoms with Crippen molar-refractivity contribution in [1.29, 1.82) is 5.26 Å². The Bertz CT molecular complexity index is 1330. The third kappa shape index (κ3) is 9.41. The molecule has 47 heavy (non-hydrogen) atoms. The third-order valence-corrected chi connectivity index (χ3v) is 10.5. The SMILES string of the molecule is [CH2-]C1OC(COC(c2ccccc2)(c2ccc(OC)cc2)c2ccc(OC)cc2)C(OP(OCCC#N)N(C(C)C)C(C)C)C1C.[Y]. The van der Waals surface area contributed by atoms with Gasteiger partial charge in [-0.25, -0.2) is 4.67 Å². The van der Waals surface area contributed by atoms with Gasteiger partial charge in [0, 0.05) is 44.8 Å². The summed E-state index contributed by atoms with van der Waals surface area (Å²) in [6.45, 7) is 15.4. The van der Waals surface area contributed by atoms with Crippen LogP contribution in [0.15, 0.2) is 78.9 Å². The van der Waals surface area contributed by atoms with Crippen LogP contribution in [0.4, 0.5) is 0 Å². The van der Waals surface area contributed by atoms with Crippen molar-refractivity contribution < 1.29 is 60.7 Å². The molecule has 0 aliphatic carbocycles. The van der Waals surface area contributed by atoms with E-state index in [1.165, 1.54) is 0 Å². The van der Waals surface area contributed by atoms with Crippen molar-refractivity contribution in [2.75, 3.05) is 27.4 Å². The van der Waals surface area contributed by atoms with Crippen molar-refractivity contribution in [2.45, 2.75) is 77.0 Å². The van der Waals surface area contributed by atoms with Gasteiger partial charge in [0.15, 0.2) is 0 Å². The van der Waals surface area contributed by atoms with Crippen molar-refractivity contribution >= 4 is 8.53 Å². The number of nitriles is 1. The Morgan fingerprint density at radius 1 is 0.872 bits per heavy atom. The van der Waals surface area contributed by atoms with E-state index < -0.39 is 20.2 Å². The largest absolute Gasteiger partial charge is 0.497 e. The van der Waals surface area contributed by atoms with E-state index in [1.807, 2.05) is 66.7 Å². The molecule has 3 aromatic rings. The minimum Gasteiger partial charge on any atom is -0.497 e. The molecule has 4 rings (SSSR count). The molecule has 1 radical (unpaired) electrons. The molecule has 0 saturated carbocycles. The Labute approximate surface area is 307 Å². The molecular formula is C37H48N2O6PY-. The monoisotopic (exact) mass is 736 g/mol. The number of hydrogen-bond donors (Lipinski definition) is 0. The van der Waals surface area contributed by atoms with Gasteiger partial charge in [-0.1, -0.05) is 67.6 Å². The summed E-state index contributed by atoms with van der Waals surface area (Å²) in [6.07, 6.45) is -0.788. The second kappa shape index (κ2) is 18.7. The number of ether oxygens (including phenoxy) is 4. The Balaban J connectivity index is 0.00000600. The van der Waals surface area contributed by atoms with Crippen molar-refractivity contribution in [2.24, 2.45) is 5.92 Å². The van der Waals surface area contributed by atoms with Crippen LogP contribution in [-0.2, 0) is 56.8 Å². The first kappa shape index (κ1) is 39.5. The van der Waals surface area contributed by atoms with Gasteiger partial charge in [-0.2, -0.15) is 5.26 Å². The first-order valence-electron chi connectivity index (χ1n) is 15.9. The van der Waals surface area contributed by atoms with Crippen LogP contribution in [0.3, 0.4) is 0 Å². The fourth-order valence-electron chi connectivity index (χ4n) is 5.95. The summed E-state index contributed by atoms with van der Waals surface area (Å²) in [6, 6.07) is 28.7. The van der Waals surface area contributed by atoms with E-state index in [2.05, 4.69) is 64.4 Å². The van der Waals surface area contributed by atoms with Crippen LogP contribution >= 0.6 is 8.53 Å². The maximum absolute atomic E-state index is 9.19. The van der Waals surface area contributed by atoms with Crippen LogP contribution < -0.4 is 9.47 Å². The van der Waals surface area contributed by atoms with Crippen LogP contribution in [0.25, 0.3) is 0 Å². The third-order valence-electron chi connectivity index (χ3n) is 8.33. The summed E-state index contributed by atoms with van der Waals surface area (Å²) in [7, 11) is 1.83. The molecule has 0 aromatic heterocycles. The summed E-state index contributed by atoms with van der Waals surface area (Å²) in [5.41, 5.74) is 1.85. The molecule has 8 nitrogen and oxygen atoms in total. The zero-order valence-corrected chi connectivity index (χ0v) is 32.4. The molecule has 1 aliphatic rings. The molecule has 1 saturated heterocycles. The van der Waals surface area contributed by atoms with E-state index >= 15 is 0 Å². The zero-order chi connectivity index (χ0) is 33.3. The van der Waals surface area contributed by atoms with Gasteiger partial charge in [-0.15, -0.1) is 0 Å². The van der Waals surface area contributed by atoms with E-state index in [4.69, 9.17) is 28.0 Å². The second-order valence-corrected chi connectivity index (χ2v) is 13.4.